The van der Waals surface area contributed by atoms with E-state index in [-0.39, 0.29) is 18.6 Å². The molecule has 0 heterocycles. The number of nitrogens with zero attached hydrogens (tertiary/aromatic N) is 1. The molecule has 0 spiro atoms. The second-order valence-corrected chi connectivity index (χ2v) is 4.15. The number of hydrogen-bond acceptors (Lipinski definition) is 4. The Morgan fingerprint density at radius 2 is 1.89 bits per heavy atom. The molecule has 6 heteroatoms. The average Bonchev–Trinajstić information content (AvgIpc) is 2.36. The van der Waals surface area contributed by atoms with Crippen molar-refractivity contribution in [2.24, 2.45) is 0 Å². The van der Waals surface area contributed by atoms with Crippen LogP contribution in [0.25, 0.3) is 0 Å². The predicted molar refractivity (Wildman–Crippen MR) is 68.0 cm³/mol. The van der Waals surface area contributed by atoms with Gasteiger partial charge in [-0.25, -0.2) is 4.79 Å². The first-order valence-electron chi connectivity index (χ1n) is 5.90. The van der Waals surface area contributed by atoms with Crippen LogP contribution in [0.1, 0.15) is 22.3 Å². The lowest BCUT2D eigenvalue weighted by molar-refractivity contribution is -0.137. The Labute approximate surface area is 110 Å². The van der Waals surface area contributed by atoms with Gasteiger partial charge in [-0.05, 0) is 17.7 Å². The van der Waals surface area contributed by atoms with Gasteiger partial charge in [0.05, 0.1) is 18.6 Å². The highest BCUT2D eigenvalue weighted by atomic mass is 16.4. The molecular formula is C13H17NO5. The highest BCUT2D eigenvalue weighted by Crippen LogP contribution is 2.09. The number of aliphatic hydroxyl groups is 1. The van der Waals surface area contributed by atoms with Crippen molar-refractivity contribution in [1.29, 1.82) is 0 Å². The maximum atomic E-state index is 10.8. The first-order chi connectivity index (χ1) is 9.02. The zero-order valence-electron chi connectivity index (χ0n) is 10.5. The van der Waals surface area contributed by atoms with Crippen LogP contribution in [0, 0.1) is 0 Å². The van der Waals surface area contributed by atoms with E-state index in [9.17, 15) is 9.59 Å². The van der Waals surface area contributed by atoms with E-state index in [2.05, 4.69) is 0 Å². The van der Waals surface area contributed by atoms with Gasteiger partial charge < -0.3 is 15.3 Å². The Bertz CT molecular complexity index is 446. The van der Waals surface area contributed by atoms with Crippen LogP contribution in [0.3, 0.4) is 0 Å². The minimum atomic E-state index is -0.999. The van der Waals surface area contributed by atoms with Crippen LogP contribution in [0.5, 0.6) is 0 Å². The molecule has 0 unspecified atom stereocenters. The second-order valence-electron chi connectivity index (χ2n) is 4.15. The van der Waals surface area contributed by atoms with Crippen molar-refractivity contribution in [2.45, 2.75) is 13.0 Å². The maximum absolute atomic E-state index is 10.8. The summed E-state index contributed by atoms with van der Waals surface area (Å²) in [5, 5.41) is 26.5. The summed E-state index contributed by atoms with van der Waals surface area (Å²) in [5.74, 6) is -1.90. The minimum Gasteiger partial charge on any atom is -0.481 e. The summed E-state index contributed by atoms with van der Waals surface area (Å²) in [6.45, 7) is 1.00. The number of carboxylic acid groups (broad SMARTS) is 2. The fraction of sp³-hybridized carbons (Fsp3) is 0.385. The molecular weight excluding hydrogens is 250 g/mol. The van der Waals surface area contributed by atoms with E-state index < -0.39 is 11.9 Å². The third kappa shape index (κ3) is 5.50. The molecule has 6 nitrogen and oxygen atoms in total. The van der Waals surface area contributed by atoms with Gasteiger partial charge in [-0.1, -0.05) is 12.1 Å². The molecule has 0 fully saturated rings. The summed E-state index contributed by atoms with van der Waals surface area (Å²) >= 11 is 0. The highest BCUT2D eigenvalue weighted by molar-refractivity contribution is 5.87. The molecule has 0 aliphatic rings. The smallest absolute Gasteiger partial charge is 0.335 e. The first kappa shape index (κ1) is 15.1. The second kappa shape index (κ2) is 7.50. The molecule has 3 N–H and O–H groups in total. The molecule has 1 rings (SSSR count). The summed E-state index contributed by atoms with van der Waals surface area (Å²) in [6.07, 6.45) is -0.0153. The van der Waals surface area contributed by atoms with Gasteiger partial charge in [-0.3, -0.25) is 9.69 Å². The van der Waals surface area contributed by atoms with Crippen molar-refractivity contribution < 1.29 is 24.9 Å². The number of rotatable bonds is 8. The Morgan fingerprint density at radius 3 is 2.47 bits per heavy atom. The molecule has 1 aromatic rings. The highest BCUT2D eigenvalue weighted by Gasteiger charge is 2.09. The molecule has 0 saturated heterocycles. The van der Waals surface area contributed by atoms with Crippen LogP contribution in [-0.4, -0.2) is 51.9 Å². The summed E-state index contributed by atoms with van der Waals surface area (Å²) in [7, 11) is 0. The quantitative estimate of drug-likeness (QED) is 0.640. The van der Waals surface area contributed by atoms with Crippen molar-refractivity contribution in [3.05, 3.63) is 35.4 Å². The largest absolute Gasteiger partial charge is 0.481 e. The lowest BCUT2D eigenvalue weighted by Gasteiger charge is -2.20. The van der Waals surface area contributed by atoms with Crippen LogP contribution in [0.2, 0.25) is 0 Å². The molecule has 0 atom stereocenters. The fourth-order valence-corrected chi connectivity index (χ4v) is 1.73. The van der Waals surface area contributed by atoms with E-state index in [0.29, 0.717) is 19.6 Å². The Kier molecular flexibility index (Phi) is 5.98. The number of aliphatic hydroxyl groups excluding tert-OH is 1. The minimum absolute atomic E-state index is 0.0153. The number of hydrogen-bond donors (Lipinski definition) is 3. The van der Waals surface area contributed by atoms with Crippen LogP contribution < -0.4 is 0 Å². The number of carbonyl (C=O) groups is 2. The van der Waals surface area contributed by atoms with E-state index in [0.717, 1.165) is 5.56 Å². The summed E-state index contributed by atoms with van der Waals surface area (Å²) in [4.78, 5) is 23.2. The van der Waals surface area contributed by atoms with Gasteiger partial charge in [-0.15, -0.1) is 0 Å². The van der Waals surface area contributed by atoms with Gasteiger partial charge in [0.15, 0.2) is 0 Å². The van der Waals surface area contributed by atoms with Crippen LogP contribution in [0.15, 0.2) is 24.3 Å². The van der Waals surface area contributed by atoms with Crippen LogP contribution in [-0.2, 0) is 11.3 Å². The van der Waals surface area contributed by atoms with Gasteiger partial charge in [-0.2, -0.15) is 0 Å². The van der Waals surface area contributed by atoms with E-state index in [1.54, 1.807) is 23.1 Å². The standard InChI is InChI=1S/C13H17NO5/c15-7-6-14(5-4-12(16)17)9-10-2-1-3-11(8-10)13(18)19/h1-3,8,15H,4-7,9H2,(H,16,17)(H,18,19). The average molecular weight is 267 g/mol. The molecule has 19 heavy (non-hydrogen) atoms. The Balaban J connectivity index is 2.69. The number of aromatic carboxylic acids is 1. The summed E-state index contributed by atoms with van der Waals surface area (Å²) in [6, 6.07) is 6.47. The molecule has 104 valence electrons. The molecule has 0 saturated carbocycles. The summed E-state index contributed by atoms with van der Waals surface area (Å²) < 4.78 is 0. The SMILES string of the molecule is O=C(O)CCN(CCO)Cc1cccc(C(=O)O)c1. The molecule has 0 bridgehead atoms. The third-order valence-electron chi connectivity index (χ3n) is 2.64. The number of aliphatic carboxylic acids is 1. The Morgan fingerprint density at radius 1 is 1.16 bits per heavy atom. The van der Waals surface area contributed by atoms with Crippen LogP contribution >= 0.6 is 0 Å². The van der Waals surface area contributed by atoms with E-state index >= 15 is 0 Å². The van der Waals surface area contributed by atoms with Gasteiger partial charge in [0, 0.05) is 19.6 Å². The van der Waals surface area contributed by atoms with Gasteiger partial charge in [0.1, 0.15) is 0 Å². The molecule has 1 aromatic carbocycles. The van der Waals surface area contributed by atoms with Crippen LogP contribution in [0.4, 0.5) is 0 Å². The topological polar surface area (TPSA) is 98.1 Å². The number of benzene rings is 1. The lowest BCUT2D eigenvalue weighted by atomic mass is 10.1. The van der Waals surface area contributed by atoms with Crippen molar-refractivity contribution in [1.82, 2.24) is 4.90 Å². The zero-order chi connectivity index (χ0) is 14.3. The van der Waals surface area contributed by atoms with Crippen molar-refractivity contribution in [3.8, 4) is 0 Å². The van der Waals surface area contributed by atoms with Gasteiger partial charge in [0.2, 0.25) is 0 Å². The van der Waals surface area contributed by atoms with Crippen molar-refractivity contribution in [2.75, 3.05) is 19.7 Å². The van der Waals surface area contributed by atoms with Gasteiger partial charge >= 0.3 is 11.9 Å². The molecule has 0 amide bonds. The molecule has 0 aliphatic carbocycles. The Hall–Kier alpha value is -1.92. The molecule has 0 aromatic heterocycles. The predicted octanol–water partition coefficient (Wildman–Crippen LogP) is 0.654. The lowest BCUT2D eigenvalue weighted by Crippen LogP contribution is -2.29. The zero-order valence-corrected chi connectivity index (χ0v) is 10.5. The normalized spacial score (nSPS) is 10.6. The van der Waals surface area contributed by atoms with E-state index in [1.807, 2.05) is 0 Å². The number of carboxylic acids is 2. The van der Waals surface area contributed by atoms with E-state index in [4.69, 9.17) is 15.3 Å². The van der Waals surface area contributed by atoms with Crippen molar-refractivity contribution in [3.63, 3.8) is 0 Å². The summed E-state index contributed by atoms with van der Waals surface area (Å²) in [5.41, 5.74) is 0.971. The first-order valence-corrected chi connectivity index (χ1v) is 5.90. The molecule has 0 aliphatic heterocycles. The monoisotopic (exact) mass is 267 g/mol. The fourth-order valence-electron chi connectivity index (χ4n) is 1.73. The van der Waals surface area contributed by atoms with Gasteiger partial charge in [0.25, 0.3) is 0 Å². The van der Waals surface area contributed by atoms with Crippen molar-refractivity contribution >= 4 is 11.9 Å². The maximum Gasteiger partial charge on any atom is 0.335 e. The van der Waals surface area contributed by atoms with E-state index in [1.165, 1.54) is 6.07 Å². The third-order valence-corrected chi connectivity index (χ3v) is 2.64. The molecule has 0 radical (unpaired) electrons.